The molecule has 1 aliphatic heterocycles. The normalized spacial score (nSPS) is 14.1. The fourth-order valence-corrected chi connectivity index (χ4v) is 3.15. The van der Waals surface area contributed by atoms with Gasteiger partial charge in [-0.3, -0.25) is 14.3 Å². The molecule has 0 fully saturated rings. The molecule has 2 aromatic heterocycles. The van der Waals surface area contributed by atoms with Crippen molar-refractivity contribution in [3.05, 3.63) is 45.6 Å². The van der Waals surface area contributed by atoms with E-state index >= 15 is 0 Å². The van der Waals surface area contributed by atoms with E-state index in [4.69, 9.17) is 0 Å². The number of hydrogen-bond donors (Lipinski definition) is 0. The molecule has 0 N–H and O–H groups in total. The fourth-order valence-electron chi connectivity index (χ4n) is 3.15. The zero-order valence-corrected chi connectivity index (χ0v) is 14.4. The van der Waals surface area contributed by atoms with Gasteiger partial charge >= 0.3 is 0 Å². The largest absolute Gasteiger partial charge is 0.332 e. The molecular formula is C17H23N5O2. The van der Waals surface area contributed by atoms with Crippen LogP contribution in [0.5, 0.6) is 0 Å². The molecule has 0 saturated carbocycles. The molecule has 7 heteroatoms. The van der Waals surface area contributed by atoms with Crippen molar-refractivity contribution >= 4 is 5.91 Å². The van der Waals surface area contributed by atoms with Crippen LogP contribution >= 0.6 is 0 Å². The Hall–Kier alpha value is -2.44. The molecular weight excluding hydrogens is 306 g/mol. The second-order valence-corrected chi connectivity index (χ2v) is 6.21. The first-order valence-electron chi connectivity index (χ1n) is 8.44. The smallest absolute Gasteiger partial charge is 0.274 e. The SMILES string of the molecule is CCC(CC)n1ccc(C(=O)N2CCc3nn(C)c(=O)cc3C2)n1. The van der Waals surface area contributed by atoms with Crippen molar-refractivity contribution < 1.29 is 4.79 Å². The molecule has 2 aromatic rings. The van der Waals surface area contributed by atoms with E-state index in [-0.39, 0.29) is 11.5 Å². The van der Waals surface area contributed by atoms with Crippen LogP contribution in [-0.4, -0.2) is 36.9 Å². The third-order valence-electron chi connectivity index (χ3n) is 4.67. The quantitative estimate of drug-likeness (QED) is 0.853. The molecule has 0 spiro atoms. The maximum Gasteiger partial charge on any atom is 0.274 e. The van der Waals surface area contributed by atoms with Crippen molar-refractivity contribution in [3.63, 3.8) is 0 Å². The van der Waals surface area contributed by atoms with Crippen LogP contribution in [0.1, 0.15) is 54.5 Å². The maximum absolute atomic E-state index is 12.7. The number of nitrogens with zero attached hydrogens (tertiary/aromatic N) is 5. The summed E-state index contributed by atoms with van der Waals surface area (Å²) in [5.41, 5.74) is 2.03. The van der Waals surface area contributed by atoms with E-state index in [0.717, 1.165) is 24.1 Å². The molecule has 0 bridgehead atoms. The Morgan fingerprint density at radius 3 is 2.75 bits per heavy atom. The average molecular weight is 329 g/mol. The molecule has 24 heavy (non-hydrogen) atoms. The summed E-state index contributed by atoms with van der Waals surface area (Å²) in [6.07, 6.45) is 4.50. The Morgan fingerprint density at radius 1 is 1.29 bits per heavy atom. The molecule has 0 aromatic carbocycles. The van der Waals surface area contributed by atoms with Crippen LogP contribution < -0.4 is 5.56 Å². The minimum atomic E-state index is -0.152. The summed E-state index contributed by atoms with van der Waals surface area (Å²) in [5.74, 6) is -0.0916. The van der Waals surface area contributed by atoms with Gasteiger partial charge in [-0.25, -0.2) is 4.68 Å². The monoisotopic (exact) mass is 329 g/mol. The van der Waals surface area contributed by atoms with E-state index in [0.29, 0.717) is 31.2 Å². The minimum Gasteiger partial charge on any atom is -0.332 e. The van der Waals surface area contributed by atoms with Crippen LogP contribution in [0.4, 0.5) is 0 Å². The van der Waals surface area contributed by atoms with Gasteiger partial charge in [-0.1, -0.05) is 13.8 Å². The van der Waals surface area contributed by atoms with Gasteiger partial charge in [0.05, 0.1) is 11.7 Å². The average Bonchev–Trinajstić information content (AvgIpc) is 3.06. The molecule has 0 saturated heterocycles. The summed E-state index contributed by atoms with van der Waals surface area (Å²) in [7, 11) is 1.64. The van der Waals surface area contributed by atoms with Crippen LogP contribution in [0.25, 0.3) is 0 Å². The minimum absolute atomic E-state index is 0.0916. The maximum atomic E-state index is 12.7. The first-order valence-corrected chi connectivity index (χ1v) is 8.44. The van der Waals surface area contributed by atoms with Crippen LogP contribution in [0.15, 0.2) is 23.1 Å². The highest BCUT2D eigenvalue weighted by Crippen LogP contribution is 2.19. The van der Waals surface area contributed by atoms with E-state index in [1.807, 2.05) is 10.9 Å². The number of aryl methyl sites for hydroxylation is 1. The predicted molar refractivity (Wildman–Crippen MR) is 89.8 cm³/mol. The van der Waals surface area contributed by atoms with Crippen molar-refractivity contribution in [1.29, 1.82) is 0 Å². The third-order valence-corrected chi connectivity index (χ3v) is 4.67. The lowest BCUT2D eigenvalue weighted by molar-refractivity contribution is 0.0725. The molecule has 0 aliphatic carbocycles. The van der Waals surface area contributed by atoms with Gasteiger partial charge in [0.1, 0.15) is 5.69 Å². The van der Waals surface area contributed by atoms with Gasteiger partial charge in [0.2, 0.25) is 0 Å². The van der Waals surface area contributed by atoms with Gasteiger partial charge in [0, 0.05) is 44.4 Å². The van der Waals surface area contributed by atoms with Crippen LogP contribution in [0.3, 0.4) is 0 Å². The summed E-state index contributed by atoms with van der Waals surface area (Å²) in [4.78, 5) is 26.2. The number of rotatable bonds is 4. The number of carbonyl (C=O) groups excluding carboxylic acids is 1. The summed E-state index contributed by atoms with van der Waals surface area (Å²) in [6.45, 7) is 5.24. The fraction of sp³-hybridized carbons (Fsp3) is 0.529. The van der Waals surface area contributed by atoms with Crippen molar-refractivity contribution in [2.45, 2.75) is 45.7 Å². The first kappa shape index (κ1) is 16.4. The Kier molecular flexibility index (Phi) is 4.51. The van der Waals surface area contributed by atoms with Crippen molar-refractivity contribution in [1.82, 2.24) is 24.5 Å². The molecule has 3 heterocycles. The highest BCUT2D eigenvalue weighted by molar-refractivity contribution is 5.92. The molecule has 0 radical (unpaired) electrons. The Balaban J connectivity index is 1.79. The lowest BCUT2D eigenvalue weighted by atomic mass is 10.1. The van der Waals surface area contributed by atoms with E-state index in [1.165, 1.54) is 4.68 Å². The van der Waals surface area contributed by atoms with Crippen molar-refractivity contribution in [2.24, 2.45) is 7.05 Å². The molecule has 128 valence electrons. The Morgan fingerprint density at radius 2 is 2.04 bits per heavy atom. The van der Waals surface area contributed by atoms with Gasteiger partial charge in [-0.15, -0.1) is 0 Å². The summed E-state index contributed by atoms with van der Waals surface area (Å²) < 4.78 is 3.22. The van der Waals surface area contributed by atoms with Gasteiger partial charge in [-0.2, -0.15) is 10.2 Å². The van der Waals surface area contributed by atoms with Crippen molar-refractivity contribution in [2.75, 3.05) is 6.54 Å². The number of carbonyl (C=O) groups is 1. The molecule has 7 nitrogen and oxygen atoms in total. The van der Waals surface area contributed by atoms with E-state index < -0.39 is 0 Å². The zero-order chi connectivity index (χ0) is 17.3. The van der Waals surface area contributed by atoms with Crippen LogP contribution in [0, 0.1) is 0 Å². The van der Waals surface area contributed by atoms with E-state index in [1.54, 1.807) is 24.1 Å². The van der Waals surface area contributed by atoms with Crippen LogP contribution in [-0.2, 0) is 20.0 Å². The molecule has 1 aliphatic rings. The Labute approximate surface area is 140 Å². The lowest BCUT2D eigenvalue weighted by Crippen LogP contribution is -2.38. The predicted octanol–water partition coefficient (Wildman–Crippen LogP) is 1.54. The summed E-state index contributed by atoms with van der Waals surface area (Å²) in [6, 6.07) is 3.67. The van der Waals surface area contributed by atoms with Crippen molar-refractivity contribution in [3.8, 4) is 0 Å². The molecule has 3 rings (SSSR count). The van der Waals surface area contributed by atoms with E-state index in [2.05, 4.69) is 24.0 Å². The Bertz CT molecular complexity index is 804. The number of aromatic nitrogens is 4. The van der Waals surface area contributed by atoms with Gasteiger partial charge < -0.3 is 4.90 Å². The van der Waals surface area contributed by atoms with E-state index in [9.17, 15) is 9.59 Å². The number of fused-ring (bicyclic) bond motifs is 1. The second-order valence-electron chi connectivity index (χ2n) is 6.21. The molecule has 0 atom stereocenters. The first-order chi connectivity index (χ1) is 11.5. The highest BCUT2D eigenvalue weighted by Gasteiger charge is 2.25. The van der Waals surface area contributed by atoms with Gasteiger partial charge in [0.15, 0.2) is 0 Å². The highest BCUT2D eigenvalue weighted by atomic mass is 16.2. The topological polar surface area (TPSA) is 73.0 Å². The lowest BCUT2D eigenvalue weighted by Gasteiger charge is -2.27. The number of hydrogen-bond acceptors (Lipinski definition) is 4. The number of amides is 1. The molecule has 0 unspecified atom stereocenters. The zero-order valence-electron chi connectivity index (χ0n) is 14.4. The second kappa shape index (κ2) is 6.59. The third kappa shape index (κ3) is 2.98. The standard InChI is InChI=1S/C17H23N5O2/c1-4-13(5-2)22-9-7-15(19-22)17(24)21-8-6-14-12(11-21)10-16(23)20(3)18-14/h7,9-10,13H,4-6,8,11H2,1-3H3. The van der Waals surface area contributed by atoms with Gasteiger partial charge in [-0.05, 0) is 18.9 Å². The summed E-state index contributed by atoms with van der Waals surface area (Å²) in [5, 5.41) is 8.73. The van der Waals surface area contributed by atoms with Crippen LogP contribution in [0.2, 0.25) is 0 Å². The van der Waals surface area contributed by atoms with Gasteiger partial charge in [0.25, 0.3) is 11.5 Å². The summed E-state index contributed by atoms with van der Waals surface area (Å²) >= 11 is 0. The molecule has 1 amide bonds.